The molecule has 140 valence electrons. The molecule has 0 fully saturated rings. The highest BCUT2D eigenvalue weighted by atomic mass is 16.1. The van der Waals surface area contributed by atoms with E-state index < -0.39 is 0 Å². The molecule has 1 atom stereocenters. The molecule has 3 heteroatoms. The van der Waals surface area contributed by atoms with Crippen LogP contribution >= 0.6 is 0 Å². The lowest BCUT2D eigenvalue weighted by Crippen LogP contribution is -2.31. The minimum absolute atomic E-state index is 0.183. The monoisotopic (exact) mass is 336 g/mol. The zero-order chi connectivity index (χ0) is 17.9. The summed E-state index contributed by atoms with van der Waals surface area (Å²) in [5, 5.41) is 6.09. The summed E-state index contributed by atoms with van der Waals surface area (Å²) < 4.78 is 0. The van der Waals surface area contributed by atoms with Crippen LogP contribution in [0.3, 0.4) is 0 Å². The molecule has 0 aromatic carbocycles. The van der Waals surface area contributed by atoms with Gasteiger partial charge < -0.3 is 10.6 Å². The first-order chi connectivity index (χ1) is 11.8. The molecule has 0 radical (unpaired) electrons. The van der Waals surface area contributed by atoms with Crippen molar-refractivity contribution >= 4 is 5.91 Å². The third-order valence-electron chi connectivity index (χ3n) is 4.41. The average Bonchev–Trinajstić information content (AvgIpc) is 2.59. The predicted molar refractivity (Wildman–Crippen MR) is 105 cm³/mol. The van der Waals surface area contributed by atoms with Gasteiger partial charge in [-0.05, 0) is 19.9 Å². The minimum atomic E-state index is 0.183. The Balaban J connectivity index is 4.11. The first-order valence-corrected chi connectivity index (χ1v) is 10.1. The molecule has 0 heterocycles. The molecule has 3 nitrogen and oxygen atoms in total. The van der Waals surface area contributed by atoms with Crippen LogP contribution in [0.1, 0.15) is 90.9 Å². The molecular formula is C21H40N2O. The lowest BCUT2D eigenvalue weighted by atomic mass is 9.93. The molecule has 0 saturated carbocycles. The van der Waals surface area contributed by atoms with Crippen LogP contribution < -0.4 is 10.6 Å². The van der Waals surface area contributed by atoms with Gasteiger partial charge in [0.15, 0.2) is 0 Å². The number of unbranched alkanes of at least 4 members (excludes halogenated alkanes) is 7. The topological polar surface area (TPSA) is 41.1 Å². The molecule has 0 bridgehead atoms. The smallest absolute Gasteiger partial charge is 0.223 e. The minimum Gasteiger partial charge on any atom is -0.345 e. The van der Waals surface area contributed by atoms with Crippen LogP contribution in [0, 0.1) is 17.8 Å². The SMILES string of the molecule is CCCCCCCC(CCCCCC)C(=O)NCC#CCCNC. The largest absolute Gasteiger partial charge is 0.345 e. The highest BCUT2D eigenvalue weighted by Gasteiger charge is 2.16. The molecule has 0 spiro atoms. The molecule has 0 aliphatic carbocycles. The number of hydrogen-bond donors (Lipinski definition) is 2. The molecule has 1 unspecified atom stereocenters. The van der Waals surface area contributed by atoms with Crippen molar-refractivity contribution in [1.82, 2.24) is 10.6 Å². The number of rotatable bonds is 15. The van der Waals surface area contributed by atoms with E-state index in [1.54, 1.807) is 0 Å². The lowest BCUT2D eigenvalue weighted by Gasteiger charge is -2.16. The maximum atomic E-state index is 12.4. The van der Waals surface area contributed by atoms with Crippen LogP contribution in [-0.2, 0) is 4.79 Å². The van der Waals surface area contributed by atoms with Gasteiger partial charge in [-0.25, -0.2) is 0 Å². The standard InChI is InChI=1S/C21H40N2O/c1-4-6-8-10-13-17-20(16-12-9-7-5-2)21(24)23-19-15-11-14-18-22-3/h20,22H,4-10,12-14,16-19H2,1-3H3,(H,23,24). The third-order valence-corrected chi connectivity index (χ3v) is 4.41. The van der Waals surface area contributed by atoms with Crippen molar-refractivity contribution in [2.24, 2.45) is 5.92 Å². The summed E-state index contributed by atoms with van der Waals surface area (Å²) in [5.41, 5.74) is 0. The normalized spacial score (nSPS) is 11.6. The second-order valence-electron chi connectivity index (χ2n) is 6.67. The van der Waals surface area contributed by atoms with E-state index in [-0.39, 0.29) is 11.8 Å². The predicted octanol–water partition coefficient (Wildman–Crippen LogP) is 4.66. The van der Waals surface area contributed by atoms with Crippen molar-refractivity contribution in [1.29, 1.82) is 0 Å². The molecule has 0 aliphatic rings. The van der Waals surface area contributed by atoms with Gasteiger partial charge in [0.25, 0.3) is 0 Å². The fraction of sp³-hybridized carbons (Fsp3) is 0.857. The fourth-order valence-corrected chi connectivity index (χ4v) is 2.83. The van der Waals surface area contributed by atoms with Gasteiger partial charge in [-0.1, -0.05) is 77.6 Å². The number of amides is 1. The van der Waals surface area contributed by atoms with Gasteiger partial charge in [-0.3, -0.25) is 4.79 Å². The van der Waals surface area contributed by atoms with Crippen molar-refractivity contribution in [3.8, 4) is 11.8 Å². The fourth-order valence-electron chi connectivity index (χ4n) is 2.83. The van der Waals surface area contributed by atoms with Gasteiger partial charge >= 0.3 is 0 Å². The van der Waals surface area contributed by atoms with E-state index in [0.717, 1.165) is 25.8 Å². The van der Waals surface area contributed by atoms with E-state index in [1.165, 1.54) is 57.8 Å². The summed E-state index contributed by atoms with van der Waals surface area (Å²) in [6.45, 7) is 5.86. The molecule has 0 rings (SSSR count). The van der Waals surface area contributed by atoms with Crippen molar-refractivity contribution in [3.63, 3.8) is 0 Å². The lowest BCUT2D eigenvalue weighted by molar-refractivity contribution is -0.125. The number of carbonyl (C=O) groups excluding carboxylic acids is 1. The van der Waals surface area contributed by atoms with Crippen molar-refractivity contribution < 1.29 is 4.79 Å². The van der Waals surface area contributed by atoms with Gasteiger partial charge in [-0.15, -0.1) is 5.92 Å². The molecule has 2 N–H and O–H groups in total. The summed E-state index contributed by atoms with van der Waals surface area (Å²) in [5.74, 6) is 6.52. The Morgan fingerprint density at radius 2 is 1.46 bits per heavy atom. The van der Waals surface area contributed by atoms with Crippen LogP contribution in [0.25, 0.3) is 0 Å². The Hall–Kier alpha value is -1.01. The Morgan fingerprint density at radius 1 is 0.875 bits per heavy atom. The van der Waals surface area contributed by atoms with Crippen LogP contribution in [0.4, 0.5) is 0 Å². The van der Waals surface area contributed by atoms with Gasteiger partial charge in [0.05, 0.1) is 6.54 Å². The van der Waals surface area contributed by atoms with Gasteiger partial charge in [0.1, 0.15) is 0 Å². The number of hydrogen-bond acceptors (Lipinski definition) is 2. The maximum absolute atomic E-state index is 12.4. The molecule has 24 heavy (non-hydrogen) atoms. The molecule has 0 aromatic rings. The van der Waals surface area contributed by atoms with Crippen molar-refractivity contribution in [3.05, 3.63) is 0 Å². The molecule has 0 saturated heterocycles. The Kier molecular flexibility index (Phi) is 17.6. The van der Waals surface area contributed by atoms with Crippen molar-refractivity contribution in [2.45, 2.75) is 90.9 Å². The van der Waals surface area contributed by atoms with Gasteiger partial charge in [0, 0.05) is 18.9 Å². The van der Waals surface area contributed by atoms with Gasteiger partial charge in [0.2, 0.25) is 5.91 Å². The molecular weight excluding hydrogens is 296 g/mol. The molecule has 1 amide bonds. The maximum Gasteiger partial charge on any atom is 0.223 e. The Bertz CT molecular complexity index is 343. The summed E-state index contributed by atoms with van der Waals surface area (Å²) in [4.78, 5) is 12.4. The van der Waals surface area contributed by atoms with E-state index in [1.807, 2.05) is 7.05 Å². The van der Waals surface area contributed by atoms with E-state index in [4.69, 9.17) is 0 Å². The van der Waals surface area contributed by atoms with Crippen LogP contribution in [0.15, 0.2) is 0 Å². The summed E-state index contributed by atoms with van der Waals surface area (Å²) in [6.07, 6.45) is 14.2. The van der Waals surface area contributed by atoms with Crippen LogP contribution in [0.5, 0.6) is 0 Å². The van der Waals surface area contributed by atoms with Gasteiger partial charge in [-0.2, -0.15) is 0 Å². The summed E-state index contributed by atoms with van der Waals surface area (Å²) in [7, 11) is 1.92. The van der Waals surface area contributed by atoms with E-state index in [9.17, 15) is 4.79 Å². The van der Waals surface area contributed by atoms with E-state index >= 15 is 0 Å². The van der Waals surface area contributed by atoms with Crippen LogP contribution in [-0.4, -0.2) is 26.0 Å². The highest BCUT2D eigenvalue weighted by molar-refractivity contribution is 5.78. The second kappa shape index (κ2) is 18.3. The average molecular weight is 337 g/mol. The Labute approximate surface area is 150 Å². The first-order valence-electron chi connectivity index (χ1n) is 10.1. The molecule has 0 aromatic heterocycles. The van der Waals surface area contributed by atoms with Crippen molar-refractivity contribution in [2.75, 3.05) is 20.1 Å². The van der Waals surface area contributed by atoms with Crippen LogP contribution in [0.2, 0.25) is 0 Å². The van der Waals surface area contributed by atoms with E-state index in [2.05, 4.69) is 36.3 Å². The van der Waals surface area contributed by atoms with E-state index in [0.29, 0.717) is 6.54 Å². The second-order valence-corrected chi connectivity index (χ2v) is 6.67. The third kappa shape index (κ3) is 14.6. The Morgan fingerprint density at radius 3 is 2.04 bits per heavy atom. The molecule has 0 aliphatic heterocycles. The number of nitrogens with one attached hydrogen (secondary N) is 2. The number of carbonyl (C=O) groups is 1. The highest BCUT2D eigenvalue weighted by Crippen LogP contribution is 2.19. The summed E-state index contributed by atoms with van der Waals surface area (Å²) in [6, 6.07) is 0. The first kappa shape index (κ1) is 23.0. The zero-order valence-corrected chi connectivity index (χ0v) is 16.4. The quantitative estimate of drug-likeness (QED) is 0.337. The summed E-state index contributed by atoms with van der Waals surface area (Å²) >= 11 is 0. The zero-order valence-electron chi connectivity index (χ0n) is 16.4.